The Kier molecular flexibility index (Phi) is 4.90. The molecular formula is C16H15F2N3O2. The fourth-order valence-electron chi connectivity index (χ4n) is 1.98. The third-order valence-corrected chi connectivity index (χ3v) is 3.16. The highest BCUT2D eigenvalue weighted by Gasteiger charge is 2.09. The SMILES string of the molecule is Cc1cc(C(N)=O)ccc1NCC(=O)Nc1ccc(F)cc1F. The number of hydrogen-bond donors (Lipinski definition) is 3. The van der Waals surface area contributed by atoms with E-state index in [4.69, 9.17) is 5.73 Å². The summed E-state index contributed by atoms with van der Waals surface area (Å²) in [5, 5.41) is 5.21. The van der Waals surface area contributed by atoms with Gasteiger partial charge in [0.2, 0.25) is 11.8 Å². The molecule has 0 aliphatic carbocycles. The standard InChI is InChI=1S/C16H15F2N3O2/c1-9-6-10(16(19)23)2-4-13(9)20-8-15(22)21-14-5-3-11(17)7-12(14)18/h2-7,20H,8H2,1H3,(H2,19,23)(H,21,22). The van der Waals surface area contributed by atoms with Crippen LogP contribution in [0.5, 0.6) is 0 Å². The Bertz CT molecular complexity index is 763. The lowest BCUT2D eigenvalue weighted by atomic mass is 10.1. The molecule has 5 nitrogen and oxygen atoms in total. The molecule has 0 aromatic heterocycles. The number of nitrogens with two attached hydrogens (primary N) is 1. The summed E-state index contributed by atoms with van der Waals surface area (Å²) in [4.78, 5) is 22.9. The van der Waals surface area contributed by atoms with Crippen molar-refractivity contribution >= 4 is 23.2 Å². The lowest BCUT2D eigenvalue weighted by molar-refractivity contribution is -0.114. The first-order chi connectivity index (χ1) is 10.9. The minimum atomic E-state index is -0.847. The molecule has 2 aromatic carbocycles. The van der Waals surface area contributed by atoms with Crippen LogP contribution in [-0.2, 0) is 4.79 Å². The quantitative estimate of drug-likeness (QED) is 0.791. The minimum absolute atomic E-state index is 0.0981. The monoisotopic (exact) mass is 319 g/mol. The molecule has 0 radical (unpaired) electrons. The predicted molar refractivity (Wildman–Crippen MR) is 83.2 cm³/mol. The molecule has 0 spiro atoms. The van der Waals surface area contributed by atoms with Crippen molar-refractivity contribution < 1.29 is 18.4 Å². The molecular weight excluding hydrogens is 304 g/mol. The molecule has 0 atom stereocenters. The van der Waals surface area contributed by atoms with Crippen molar-refractivity contribution in [3.8, 4) is 0 Å². The van der Waals surface area contributed by atoms with Crippen LogP contribution in [0.15, 0.2) is 36.4 Å². The first-order valence-corrected chi connectivity index (χ1v) is 6.76. The van der Waals surface area contributed by atoms with Gasteiger partial charge >= 0.3 is 0 Å². The largest absolute Gasteiger partial charge is 0.376 e. The number of nitrogens with one attached hydrogen (secondary N) is 2. The highest BCUT2D eigenvalue weighted by atomic mass is 19.1. The van der Waals surface area contributed by atoms with Crippen LogP contribution in [0.1, 0.15) is 15.9 Å². The number of halogens is 2. The van der Waals surface area contributed by atoms with E-state index >= 15 is 0 Å². The molecule has 0 unspecified atom stereocenters. The van der Waals surface area contributed by atoms with Gasteiger partial charge in [0.05, 0.1) is 12.2 Å². The molecule has 0 aliphatic rings. The molecule has 23 heavy (non-hydrogen) atoms. The van der Waals surface area contributed by atoms with Gasteiger partial charge in [-0.25, -0.2) is 8.78 Å². The van der Waals surface area contributed by atoms with E-state index in [1.807, 2.05) is 0 Å². The average Bonchev–Trinajstić information content (AvgIpc) is 2.48. The fraction of sp³-hybridized carbons (Fsp3) is 0.125. The van der Waals surface area contributed by atoms with E-state index in [-0.39, 0.29) is 12.2 Å². The van der Waals surface area contributed by atoms with Gasteiger partial charge in [-0.3, -0.25) is 9.59 Å². The van der Waals surface area contributed by atoms with Crippen LogP contribution in [0.3, 0.4) is 0 Å². The van der Waals surface area contributed by atoms with E-state index in [0.29, 0.717) is 17.3 Å². The Labute approximate surface area is 131 Å². The van der Waals surface area contributed by atoms with Crippen molar-refractivity contribution in [1.29, 1.82) is 0 Å². The Morgan fingerprint density at radius 1 is 1.09 bits per heavy atom. The number of primary amides is 1. The number of rotatable bonds is 5. The molecule has 0 aliphatic heterocycles. The first-order valence-electron chi connectivity index (χ1n) is 6.76. The average molecular weight is 319 g/mol. The van der Waals surface area contributed by atoms with E-state index in [1.54, 1.807) is 19.1 Å². The van der Waals surface area contributed by atoms with Gasteiger partial charge in [-0.15, -0.1) is 0 Å². The highest BCUT2D eigenvalue weighted by molar-refractivity contribution is 5.95. The Balaban J connectivity index is 1.98. The number of carbonyl (C=O) groups is 2. The van der Waals surface area contributed by atoms with E-state index in [0.717, 1.165) is 17.7 Å². The molecule has 0 bridgehead atoms. The second-order valence-electron chi connectivity index (χ2n) is 4.92. The van der Waals surface area contributed by atoms with Crippen molar-refractivity contribution in [1.82, 2.24) is 0 Å². The summed E-state index contributed by atoms with van der Waals surface area (Å²) in [7, 11) is 0. The third-order valence-electron chi connectivity index (χ3n) is 3.16. The predicted octanol–water partition coefficient (Wildman–Crippen LogP) is 2.42. The van der Waals surface area contributed by atoms with Crippen LogP contribution in [0, 0.1) is 18.6 Å². The maximum atomic E-state index is 13.4. The van der Waals surface area contributed by atoms with E-state index in [2.05, 4.69) is 10.6 Å². The normalized spacial score (nSPS) is 10.2. The zero-order valence-corrected chi connectivity index (χ0v) is 12.3. The lowest BCUT2D eigenvalue weighted by Crippen LogP contribution is -2.22. The maximum Gasteiger partial charge on any atom is 0.248 e. The van der Waals surface area contributed by atoms with Crippen LogP contribution in [0.2, 0.25) is 0 Å². The molecule has 2 aromatic rings. The topological polar surface area (TPSA) is 84.2 Å². The number of benzene rings is 2. The summed E-state index contributed by atoms with van der Waals surface area (Å²) in [6.45, 7) is 1.64. The van der Waals surface area contributed by atoms with Crippen molar-refractivity contribution in [2.75, 3.05) is 17.2 Å². The molecule has 4 N–H and O–H groups in total. The van der Waals surface area contributed by atoms with Gasteiger partial charge in [-0.1, -0.05) is 0 Å². The van der Waals surface area contributed by atoms with Gasteiger partial charge in [0.25, 0.3) is 0 Å². The summed E-state index contributed by atoms with van der Waals surface area (Å²) in [5.74, 6) is -2.60. The maximum absolute atomic E-state index is 13.4. The number of anilines is 2. The van der Waals surface area contributed by atoms with Gasteiger partial charge in [-0.05, 0) is 42.8 Å². The molecule has 2 rings (SSSR count). The van der Waals surface area contributed by atoms with Crippen molar-refractivity contribution in [3.63, 3.8) is 0 Å². The van der Waals surface area contributed by atoms with Crippen LogP contribution >= 0.6 is 0 Å². The van der Waals surface area contributed by atoms with Crippen LogP contribution in [0.25, 0.3) is 0 Å². The first kappa shape index (κ1) is 16.4. The molecule has 7 heteroatoms. The number of carbonyl (C=O) groups excluding carboxylic acids is 2. The van der Waals surface area contributed by atoms with Crippen molar-refractivity contribution in [2.45, 2.75) is 6.92 Å². The number of aryl methyl sites for hydroxylation is 1. The Morgan fingerprint density at radius 3 is 2.39 bits per heavy atom. The number of amides is 2. The molecule has 0 saturated carbocycles. The van der Waals surface area contributed by atoms with Crippen molar-refractivity contribution in [2.24, 2.45) is 5.73 Å². The molecule has 0 heterocycles. The highest BCUT2D eigenvalue weighted by Crippen LogP contribution is 2.17. The van der Waals surface area contributed by atoms with Crippen LogP contribution < -0.4 is 16.4 Å². The minimum Gasteiger partial charge on any atom is -0.376 e. The Hall–Kier alpha value is -2.96. The lowest BCUT2D eigenvalue weighted by Gasteiger charge is -2.11. The van der Waals surface area contributed by atoms with Crippen molar-refractivity contribution in [3.05, 3.63) is 59.2 Å². The summed E-state index contributed by atoms with van der Waals surface area (Å²) in [6, 6.07) is 7.66. The van der Waals surface area contributed by atoms with Gasteiger partial charge in [0.15, 0.2) is 0 Å². The van der Waals surface area contributed by atoms with Gasteiger partial charge in [-0.2, -0.15) is 0 Å². The summed E-state index contributed by atoms with van der Waals surface area (Å²) in [6.07, 6.45) is 0. The van der Waals surface area contributed by atoms with Crippen LogP contribution in [0.4, 0.5) is 20.2 Å². The van der Waals surface area contributed by atoms with Crippen LogP contribution in [-0.4, -0.2) is 18.4 Å². The summed E-state index contributed by atoms with van der Waals surface area (Å²) in [5.41, 5.74) is 6.83. The summed E-state index contributed by atoms with van der Waals surface area (Å²) < 4.78 is 26.2. The smallest absolute Gasteiger partial charge is 0.248 e. The Morgan fingerprint density at radius 2 is 1.78 bits per heavy atom. The second-order valence-corrected chi connectivity index (χ2v) is 4.92. The fourth-order valence-corrected chi connectivity index (χ4v) is 1.98. The molecule has 0 saturated heterocycles. The van der Waals surface area contributed by atoms with E-state index < -0.39 is 23.4 Å². The second kappa shape index (κ2) is 6.87. The molecule has 120 valence electrons. The zero-order valence-electron chi connectivity index (χ0n) is 12.3. The number of hydrogen-bond acceptors (Lipinski definition) is 3. The van der Waals surface area contributed by atoms with E-state index in [1.165, 1.54) is 6.07 Å². The third kappa shape index (κ3) is 4.26. The van der Waals surface area contributed by atoms with E-state index in [9.17, 15) is 18.4 Å². The zero-order chi connectivity index (χ0) is 17.0. The molecule has 2 amide bonds. The molecule has 0 fully saturated rings. The van der Waals surface area contributed by atoms with Gasteiger partial charge in [0.1, 0.15) is 11.6 Å². The van der Waals surface area contributed by atoms with Gasteiger partial charge < -0.3 is 16.4 Å². The summed E-state index contributed by atoms with van der Waals surface area (Å²) >= 11 is 0. The van der Waals surface area contributed by atoms with Gasteiger partial charge in [0, 0.05) is 17.3 Å².